The van der Waals surface area contributed by atoms with Crippen LogP contribution in [0.2, 0.25) is 0 Å². The summed E-state index contributed by atoms with van der Waals surface area (Å²) in [5, 5.41) is 0. The van der Waals surface area contributed by atoms with Gasteiger partial charge in [0.2, 0.25) is 0 Å². The van der Waals surface area contributed by atoms with Gasteiger partial charge < -0.3 is 9.64 Å². The molecule has 0 amide bonds. The van der Waals surface area contributed by atoms with Crippen LogP contribution in [0, 0.1) is 0 Å². The Kier molecular flexibility index (Phi) is 3.12. The van der Waals surface area contributed by atoms with E-state index in [1.165, 1.54) is 19.4 Å². The quantitative estimate of drug-likeness (QED) is 0.492. The predicted octanol–water partition coefficient (Wildman–Crippen LogP) is 1.13. The summed E-state index contributed by atoms with van der Waals surface area (Å²) < 4.78 is 8.32. The minimum atomic E-state index is 0.145. The van der Waals surface area contributed by atoms with Crippen LogP contribution in [0.1, 0.15) is 12.8 Å². The molecule has 0 aliphatic carbocycles. The normalized spacial score (nSPS) is 38.3. The van der Waals surface area contributed by atoms with Crippen LogP contribution >= 0.6 is 22.9 Å². The molecule has 2 heterocycles. The number of hydrogen-bond donors (Lipinski definition) is 0. The van der Waals surface area contributed by atoms with Crippen LogP contribution in [-0.2, 0) is 4.74 Å². The average Bonchev–Trinajstić information content (AvgIpc) is 2.02. The summed E-state index contributed by atoms with van der Waals surface area (Å²) in [6.45, 7) is 5.41. The third kappa shape index (κ3) is 2.34. The van der Waals surface area contributed by atoms with Crippen LogP contribution in [0.4, 0.5) is 0 Å². The molecule has 2 aliphatic heterocycles. The molecule has 2 saturated heterocycles. The number of nitrogens with zero attached hydrogens (tertiary/aromatic N) is 2. The van der Waals surface area contributed by atoms with Gasteiger partial charge in [-0.15, -0.1) is 0 Å². The second kappa shape index (κ2) is 4.00. The van der Waals surface area contributed by atoms with Gasteiger partial charge in [0.05, 0.1) is 12.2 Å². The lowest BCUT2D eigenvalue weighted by Crippen LogP contribution is -2.57. The van der Waals surface area contributed by atoms with E-state index in [1.807, 2.05) is 0 Å². The van der Waals surface area contributed by atoms with Crippen molar-refractivity contribution in [2.24, 2.45) is 0 Å². The first-order valence-corrected chi connectivity index (χ1v) is 5.90. The largest absolute Gasteiger partial charge is 0.371 e. The fourth-order valence-corrected chi connectivity index (χ4v) is 3.29. The second-order valence-corrected chi connectivity index (χ2v) is 5.58. The van der Waals surface area contributed by atoms with Gasteiger partial charge in [-0.1, -0.05) is 0 Å². The van der Waals surface area contributed by atoms with E-state index in [2.05, 4.69) is 37.9 Å². The minimum absolute atomic E-state index is 0.145. The van der Waals surface area contributed by atoms with E-state index in [1.54, 1.807) is 0 Å². The maximum absolute atomic E-state index is 5.96. The fraction of sp³-hybridized carbons (Fsp3) is 1.00. The Bertz CT molecular complexity index is 168. The molecule has 0 bridgehead atoms. The van der Waals surface area contributed by atoms with E-state index in [0.29, 0.717) is 0 Å². The van der Waals surface area contributed by atoms with Gasteiger partial charge in [-0.05, 0) is 19.9 Å². The summed E-state index contributed by atoms with van der Waals surface area (Å²) in [6.07, 6.45) is 2.51. The van der Waals surface area contributed by atoms with Crippen molar-refractivity contribution in [1.29, 1.82) is 0 Å². The molecule has 0 aromatic heterocycles. The number of piperidine rings is 1. The maximum Gasteiger partial charge on any atom is 0.0943 e. The van der Waals surface area contributed by atoms with Crippen molar-refractivity contribution in [3.63, 3.8) is 0 Å². The molecule has 76 valence electrons. The Hall–Kier alpha value is 0.610. The van der Waals surface area contributed by atoms with Crippen LogP contribution < -0.4 is 0 Å². The van der Waals surface area contributed by atoms with Crippen molar-refractivity contribution >= 4 is 22.9 Å². The van der Waals surface area contributed by atoms with Crippen LogP contribution in [-0.4, -0.2) is 53.4 Å². The molecule has 0 aromatic rings. The van der Waals surface area contributed by atoms with Crippen molar-refractivity contribution in [3.8, 4) is 0 Å². The van der Waals surface area contributed by atoms with Crippen molar-refractivity contribution in [1.82, 2.24) is 8.01 Å². The average molecular weight is 296 g/mol. The van der Waals surface area contributed by atoms with E-state index in [4.69, 9.17) is 4.74 Å². The molecule has 1 atom stereocenters. The van der Waals surface area contributed by atoms with Gasteiger partial charge >= 0.3 is 0 Å². The van der Waals surface area contributed by atoms with Gasteiger partial charge in [0.25, 0.3) is 0 Å². The van der Waals surface area contributed by atoms with Crippen molar-refractivity contribution in [3.05, 3.63) is 0 Å². The van der Waals surface area contributed by atoms with Crippen molar-refractivity contribution < 1.29 is 4.74 Å². The molecule has 0 radical (unpaired) electrons. The highest BCUT2D eigenvalue weighted by Crippen LogP contribution is 2.29. The molecule has 0 aromatic carbocycles. The predicted molar refractivity (Wildman–Crippen MR) is 61.0 cm³/mol. The standard InChI is InChI=1S/C9H17IN2O/c1-11-5-6-13-9(7-11)3-2-4-12(10)8-9/h2-8H2,1H3. The number of halogens is 1. The Morgan fingerprint density at radius 3 is 2.85 bits per heavy atom. The molecule has 1 spiro atoms. The zero-order chi connectivity index (χ0) is 9.31. The fourth-order valence-electron chi connectivity index (χ4n) is 2.33. The Morgan fingerprint density at radius 2 is 2.15 bits per heavy atom. The lowest BCUT2D eigenvalue weighted by Gasteiger charge is -2.45. The highest BCUT2D eigenvalue weighted by molar-refractivity contribution is 14.1. The van der Waals surface area contributed by atoms with Crippen molar-refractivity contribution in [2.75, 3.05) is 39.8 Å². The summed E-state index contributed by atoms with van der Waals surface area (Å²) >= 11 is 2.41. The Morgan fingerprint density at radius 1 is 1.31 bits per heavy atom. The van der Waals surface area contributed by atoms with Crippen LogP contribution in [0.3, 0.4) is 0 Å². The SMILES string of the molecule is CN1CCOC2(CCCN(I)C2)C1. The van der Waals surface area contributed by atoms with Crippen molar-refractivity contribution in [2.45, 2.75) is 18.4 Å². The molecule has 2 rings (SSSR count). The summed E-state index contributed by atoms with van der Waals surface area (Å²) in [4.78, 5) is 2.39. The van der Waals surface area contributed by atoms with Gasteiger partial charge in [0, 0.05) is 49.0 Å². The first-order chi connectivity index (χ1) is 6.20. The van der Waals surface area contributed by atoms with Crippen LogP contribution in [0.25, 0.3) is 0 Å². The van der Waals surface area contributed by atoms with E-state index in [9.17, 15) is 0 Å². The molecular weight excluding hydrogens is 279 g/mol. The molecule has 1 unspecified atom stereocenters. The number of ether oxygens (including phenoxy) is 1. The third-order valence-corrected chi connectivity index (χ3v) is 3.76. The first-order valence-electron chi connectivity index (χ1n) is 4.93. The smallest absolute Gasteiger partial charge is 0.0943 e. The van der Waals surface area contributed by atoms with Gasteiger partial charge in [-0.25, -0.2) is 3.11 Å². The Balaban J connectivity index is 2.00. The van der Waals surface area contributed by atoms with Gasteiger partial charge in [0.1, 0.15) is 0 Å². The van der Waals surface area contributed by atoms with E-state index in [-0.39, 0.29) is 5.60 Å². The lowest BCUT2D eigenvalue weighted by atomic mass is 9.92. The van der Waals surface area contributed by atoms with E-state index < -0.39 is 0 Å². The zero-order valence-electron chi connectivity index (χ0n) is 8.13. The molecule has 2 aliphatic rings. The molecule has 2 fully saturated rings. The molecular formula is C9H17IN2O. The lowest BCUT2D eigenvalue weighted by molar-refractivity contribution is -0.121. The molecule has 13 heavy (non-hydrogen) atoms. The number of rotatable bonds is 0. The summed E-state index contributed by atoms with van der Waals surface area (Å²) in [5.41, 5.74) is 0.145. The van der Waals surface area contributed by atoms with Crippen LogP contribution in [0.15, 0.2) is 0 Å². The zero-order valence-corrected chi connectivity index (χ0v) is 10.3. The summed E-state index contributed by atoms with van der Waals surface area (Å²) in [7, 11) is 2.19. The van der Waals surface area contributed by atoms with Gasteiger partial charge in [-0.2, -0.15) is 0 Å². The monoisotopic (exact) mass is 296 g/mol. The number of hydrogen-bond acceptors (Lipinski definition) is 3. The molecule has 0 N–H and O–H groups in total. The second-order valence-electron chi connectivity index (χ2n) is 4.22. The first kappa shape index (κ1) is 10.1. The topological polar surface area (TPSA) is 15.7 Å². The van der Waals surface area contributed by atoms with Gasteiger partial charge in [0.15, 0.2) is 0 Å². The molecule has 3 nitrogen and oxygen atoms in total. The highest BCUT2D eigenvalue weighted by atomic mass is 127. The van der Waals surface area contributed by atoms with Gasteiger partial charge in [-0.3, -0.25) is 0 Å². The molecule has 4 heteroatoms. The Labute approximate surface area is 93.9 Å². The summed E-state index contributed by atoms with van der Waals surface area (Å²) in [5.74, 6) is 0. The minimum Gasteiger partial charge on any atom is -0.371 e. The summed E-state index contributed by atoms with van der Waals surface area (Å²) in [6, 6.07) is 0. The van der Waals surface area contributed by atoms with E-state index in [0.717, 1.165) is 26.2 Å². The van der Waals surface area contributed by atoms with E-state index >= 15 is 0 Å². The maximum atomic E-state index is 5.96. The number of likely N-dealkylation sites (N-methyl/N-ethyl adjacent to an activating group) is 1. The third-order valence-electron chi connectivity index (χ3n) is 2.93. The number of morpholine rings is 1. The highest BCUT2D eigenvalue weighted by Gasteiger charge is 2.38. The molecule has 0 saturated carbocycles. The van der Waals surface area contributed by atoms with Crippen LogP contribution in [0.5, 0.6) is 0 Å².